The molecule has 0 amide bonds. The van der Waals surface area contributed by atoms with Crippen molar-refractivity contribution in [3.05, 3.63) is 101 Å². The van der Waals surface area contributed by atoms with Crippen molar-refractivity contribution in [3.63, 3.8) is 0 Å². The molecular weight excluding hydrogens is 512 g/mol. The van der Waals surface area contributed by atoms with Crippen molar-refractivity contribution in [3.8, 4) is 0 Å². The van der Waals surface area contributed by atoms with Crippen LogP contribution in [0.1, 0.15) is 107 Å². The Hall–Kier alpha value is -3.17. The Morgan fingerprint density at radius 1 is 0.700 bits per heavy atom. The van der Waals surface area contributed by atoms with E-state index in [0.29, 0.717) is 23.7 Å². The van der Waals surface area contributed by atoms with Crippen molar-refractivity contribution in [2.45, 2.75) is 79.1 Å². The maximum atomic E-state index is 14.3. The SMILES string of the molecule is CC(C)c1cccc(C(C)C)c1N1CC[N+](c2c(C(C)C)cccc2C(C)C)=C1C(=O)/C=C/c1ccccc1.[Cl-]. The molecule has 0 atom stereocenters. The highest BCUT2D eigenvalue weighted by Gasteiger charge is 2.41. The van der Waals surface area contributed by atoms with Gasteiger partial charge in [-0.2, -0.15) is 0 Å². The van der Waals surface area contributed by atoms with E-state index < -0.39 is 0 Å². The predicted molar refractivity (Wildman–Crippen MR) is 167 cm³/mol. The van der Waals surface area contributed by atoms with E-state index in [0.717, 1.165) is 24.5 Å². The van der Waals surface area contributed by atoms with Crippen LogP contribution >= 0.6 is 0 Å². The molecule has 1 heterocycles. The van der Waals surface area contributed by atoms with Crippen molar-refractivity contribution in [1.29, 1.82) is 0 Å². The minimum atomic E-state index is 0. The topological polar surface area (TPSA) is 23.3 Å². The lowest BCUT2D eigenvalue weighted by atomic mass is 9.91. The van der Waals surface area contributed by atoms with Crippen molar-refractivity contribution in [2.75, 3.05) is 18.0 Å². The Kier molecular flexibility index (Phi) is 10.6. The molecule has 3 nitrogen and oxygen atoms in total. The zero-order chi connectivity index (χ0) is 28.3. The molecule has 0 N–H and O–H groups in total. The third-order valence-corrected chi connectivity index (χ3v) is 7.73. The fraction of sp³-hybridized carbons (Fsp3) is 0.389. The molecule has 40 heavy (non-hydrogen) atoms. The van der Waals surface area contributed by atoms with E-state index in [1.54, 1.807) is 6.08 Å². The number of halogens is 1. The quantitative estimate of drug-likeness (QED) is 0.237. The van der Waals surface area contributed by atoms with Gasteiger partial charge in [-0.3, -0.25) is 4.79 Å². The molecule has 0 aliphatic carbocycles. The third kappa shape index (κ3) is 6.41. The molecule has 3 aromatic carbocycles. The van der Waals surface area contributed by atoms with Crippen LogP contribution in [0.25, 0.3) is 6.08 Å². The van der Waals surface area contributed by atoms with E-state index in [-0.39, 0.29) is 18.2 Å². The van der Waals surface area contributed by atoms with Gasteiger partial charge in [0.1, 0.15) is 24.5 Å². The van der Waals surface area contributed by atoms with E-state index in [1.807, 2.05) is 36.4 Å². The number of amidine groups is 1. The van der Waals surface area contributed by atoms with Crippen molar-refractivity contribution in [1.82, 2.24) is 0 Å². The maximum absolute atomic E-state index is 14.3. The Bertz CT molecular complexity index is 1330. The van der Waals surface area contributed by atoms with E-state index in [1.165, 1.54) is 33.6 Å². The number of benzene rings is 3. The molecule has 0 radical (unpaired) electrons. The molecule has 3 aromatic rings. The zero-order valence-electron chi connectivity index (χ0n) is 25.4. The first-order valence-electron chi connectivity index (χ1n) is 14.6. The van der Waals surface area contributed by atoms with Crippen molar-refractivity contribution in [2.24, 2.45) is 0 Å². The first-order valence-corrected chi connectivity index (χ1v) is 14.6. The molecule has 4 heteroatoms. The minimum Gasteiger partial charge on any atom is -1.00 e. The number of hydrogen-bond donors (Lipinski definition) is 0. The van der Waals surface area contributed by atoms with Crippen LogP contribution in [-0.2, 0) is 4.79 Å². The summed E-state index contributed by atoms with van der Waals surface area (Å²) in [5, 5.41) is 0. The minimum absolute atomic E-state index is 0. The number of ketones is 1. The number of hydrogen-bond acceptors (Lipinski definition) is 2. The molecule has 212 valence electrons. The molecule has 4 rings (SSSR count). The Labute approximate surface area is 248 Å². The number of rotatable bonds is 9. The van der Waals surface area contributed by atoms with Crippen LogP contribution in [0.3, 0.4) is 0 Å². The van der Waals surface area contributed by atoms with Crippen LogP contribution in [-0.4, -0.2) is 29.3 Å². The van der Waals surface area contributed by atoms with Gasteiger partial charge in [-0.05, 0) is 35.3 Å². The number of nitrogens with zero attached hydrogens (tertiary/aromatic N) is 2. The van der Waals surface area contributed by atoms with Crippen LogP contribution < -0.4 is 17.3 Å². The van der Waals surface area contributed by atoms with Gasteiger partial charge < -0.3 is 12.4 Å². The summed E-state index contributed by atoms with van der Waals surface area (Å²) in [6.45, 7) is 19.5. The average Bonchev–Trinajstić information content (AvgIpc) is 3.35. The second kappa shape index (κ2) is 13.5. The Balaban J connectivity index is 0.00000441. The van der Waals surface area contributed by atoms with Crippen LogP contribution in [0, 0.1) is 0 Å². The lowest BCUT2D eigenvalue weighted by Gasteiger charge is -2.23. The van der Waals surface area contributed by atoms with Gasteiger partial charge in [0.25, 0.3) is 5.78 Å². The van der Waals surface area contributed by atoms with E-state index in [4.69, 9.17) is 0 Å². The summed E-state index contributed by atoms with van der Waals surface area (Å²) < 4.78 is 2.32. The van der Waals surface area contributed by atoms with Crippen LogP contribution in [0.15, 0.2) is 72.8 Å². The molecule has 1 aliphatic heterocycles. The van der Waals surface area contributed by atoms with Crippen LogP contribution in [0.4, 0.5) is 11.4 Å². The molecule has 0 saturated heterocycles. The molecule has 0 unspecified atom stereocenters. The van der Waals surface area contributed by atoms with Gasteiger partial charge in [-0.15, -0.1) is 0 Å². The largest absolute Gasteiger partial charge is 1.00 e. The van der Waals surface area contributed by atoms with Gasteiger partial charge in [0.05, 0.1) is 0 Å². The lowest BCUT2D eigenvalue weighted by molar-refractivity contribution is -0.429. The summed E-state index contributed by atoms with van der Waals surface area (Å²) in [5.74, 6) is 2.18. The van der Waals surface area contributed by atoms with E-state index >= 15 is 0 Å². The summed E-state index contributed by atoms with van der Waals surface area (Å²) in [4.78, 5) is 16.6. The fourth-order valence-corrected chi connectivity index (χ4v) is 5.72. The van der Waals surface area contributed by atoms with Crippen LogP contribution in [0.2, 0.25) is 0 Å². The number of carbonyl (C=O) groups is 1. The highest BCUT2D eigenvalue weighted by atomic mass is 35.5. The molecule has 0 bridgehead atoms. The summed E-state index contributed by atoms with van der Waals surface area (Å²) >= 11 is 0. The lowest BCUT2D eigenvalue weighted by Crippen LogP contribution is -3.00. The normalized spacial score (nSPS) is 13.8. The standard InChI is InChI=1S/C36H45N2O.ClH/c1-24(2)29-16-12-17-30(25(3)4)34(29)37-22-23-38(35-31(26(5)6)18-13-19-32(35)27(7)8)36(37)33(39)21-20-28-14-10-9-11-15-28;/h9-21,24-27H,22-23H2,1-8H3;1H/q+1;/p-1/b21-20+;. The molecule has 1 aliphatic rings. The molecule has 0 spiro atoms. The summed E-state index contributed by atoms with van der Waals surface area (Å²) in [7, 11) is 0. The van der Waals surface area contributed by atoms with Gasteiger partial charge >= 0.3 is 5.84 Å². The van der Waals surface area contributed by atoms with E-state index in [2.05, 4.69) is 101 Å². The second-order valence-corrected chi connectivity index (χ2v) is 11.9. The Morgan fingerprint density at radius 3 is 1.65 bits per heavy atom. The number of anilines is 1. The monoisotopic (exact) mass is 556 g/mol. The number of para-hydroxylation sites is 2. The molecule has 0 fully saturated rings. The number of carbonyl (C=O) groups excluding carboxylic acids is 1. The van der Waals surface area contributed by atoms with Gasteiger partial charge in [0.2, 0.25) is 0 Å². The fourth-order valence-electron chi connectivity index (χ4n) is 5.72. The van der Waals surface area contributed by atoms with Crippen LogP contribution in [0.5, 0.6) is 0 Å². The Morgan fingerprint density at radius 2 is 1.18 bits per heavy atom. The average molecular weight is 557 g/mol. The van der Waals surface area contributed by atoms with Gasteiger partial charge in [0, 0.05) is 22.3 Å². The van der Waals surface area contributed by atoms with Crippen molar-refractivity contribution < 1.29 is 21.8 Å². The highest BCUT2D eigenvalue weighted by molar-refractivity contribution is 6.47. The summed E-state index contributed by atoms with van der Waals surface area (Å²) in [5.41, 5.74) is 8.61. The highest BCUT2D eigenvalue weighted by Crippen LogP contribution is 2.40. The molecule has 0 saturated carbocycles. The first kappa shape index (κ1) is 31.4. The predicted octanol–water partition coefficient (Wildman–Crippen LogP) is 6.03. The van der Waals surface area contributed by atoms with Crippen molar-refractivity contribution >= 4 is 29.1 Å². The van der Waals surface area contributed by atoms with E-state index in [9.17, 15) is 4.79 Å². The summed E-state index contributed by atoms with van der Waals surface area (Å²) in [6.07, 6.45) is 3.70. The molecular formula is C36H45ClN2O. The van der Waals surface area contributed by atoms with Gasteiger partial charge in [-0.25, -0.2) is 9.48 Å². The van der Waals surface area contributed by atoms with Gasteiger partial charge in [-0.1, -0.05) is 128 Å². The molecule has 0 aromatic heterocycles. The zero-order valence-corrected chi connectivity index (χ0v) is 26.2. The summed E-state index contributed by atoms with van der Waals surface area (Å²) in [6, 6.07) is 23.4. The van der Waals surface area contributed by atoms with Gasteiger partial charge in [0.15, 0.2) is 0 Å². The maximum Gasteiger partial charge on any atom is 0.331 e. The third-order valence-electron chi connectivity index (χ3n) is 7.73. The second-order valence-electron chi connectivity index (χ2n) is 11.9. The first-order chi connectivity index (χ1) is 18.6. The smallest absolute Gasteiger partial charge is 0.331 e.